The van der Waals surface area contributed by atoms with Crippen LogP contribution in [0.2, 0.25) is 0 Å². The van der Waals surface area contributed by atoms with E-state index in [0.717, 1.165) is 13.0 Å². The van der Waals surface area contributed by atoms with Crippen molar-refractivity contribution >= 4 is 11.7 Å². The predicted molar refractivity (Wildman–Crippen MR) is 72.4 cm³/mol. The van der Waals surface area contributed by atoms with Crippen molar-refractivity contribution < 1.29 is 9.90 Å². The third kappa shape index (κ3) is 3.28. The molecular weight excluding hydrogens is 242 g/mol. The van der Waals surface area contributed by atoms with Gasteiger partial charge >= 0.3 is 5.97 Å². The lowest BCUT2D eigenvalue weighted by atomic mass is 10.1. The molecule has 0 spiro atoms. The highest BCUT2D eigenvalue weighted by molar-refractivity contribution is 5.94. The van der Waals surface area contributed by atoms with Crippen molar-refractivity contribution in [3.8, 4) is 0 Å². The quantitative estimate of drug-likeness (QED) is 0.885. The van der Waals surface area contributed by atoms with Crippen LogP contribution in [0.4, 0.5) is 5.69 Å². The third-order valence-corrected chi connectivity index (χ3v) is 2.93. The Labute approximate surface area is 111 Å². The van der Waals surface area contributed by atoms with E-state index in [0.29, 0.717) is 5.69 Å². The number of hydrogen-bond acceptors (Lipinski definition) is 4. The second-order valence-corrected chi connectivity index (χ2v) is 4.22. The lowest BCUT2D eigenvalue weighted by Gasteiger charge is -2.20. The molecule has 0 aromatic carbocycles. The smallest absolute Gasteiger partial charge is 0.337 e. The second-order valence-electron chi connectivity index (χ2n) is 4.22. The summed E-state index contributed by atoms with van der Waals surface area (Å²) < 4.78 is 0. The number of rotatable bonds is 5. The topological polar surface area (TPSA) is 66.3 Å². The zero-order chi connectivity index (χ0) is 13.7. The molecule has 0 saturated carbocycles. The van der Waals surface area contributed by atoms with Crippen LogP contribution in [-0.2, 0) is 6.42 Å². The second kappa shape index (κ2) is 5.95. The Balaban J connectivity index is 2.08. The van der Waals surface area contributed by atoms with Crippen LogP contribution in [0, 0.1) is 0 Å². The molecule has 2 aromatic rings. The molecule has 19 heavy (non-hydrogen) atoms. The van der Waals surface area contributed by atoms with E-state index < -0.39 is 5.97 Å². The van der Waals surface area contributed by atoms with Gasteiger partial charge in [0.05, 0.1) is 17.4 Å². The summed E-state index contributed by atoms with van der Waals surface area (Å²) in [7, 11) is 1.87. The van der Waals surface area contributed by atoms with Gasteiger partial charge < -0.3 is 10.0 Å². The van der Waals surface area contributed by atoms with Gasteiger partial charge in [0.25, 0.3) is 0 Å². The first-order valence-corrected chi connectivity index (χ1v) is 5.96. The van der Waals surface area contributed by atoms with Gasteiger partial charge in [-0.25, -0.2) is 4.79 Å². The Morgan fingerprint density at radius 3 is 2.58 bits per heavy atom. The van der Waals surface area contributed by atoms with Gasteiger partial charge in [-0.1, -0.05) is 0 Å². The van der Waals surface area contributed by atoms with Crippen molar-refractivity contribution in [3.05, 3.63) is 54.1 Å². The van der Waals surface area contributed by atoms with Crippen molar-refractivity contribution in [1.82, 2.24) is 9.97 Å². The maximum absolute atomic E-state index is 11.1. The van der Waals surface area contributed by atoms with Crippen LogP contribution in [0.25, 0.3) is 0 Å². The third-order valence-electron chi connectivity index (χ3n) is 2.93. The van der Waals surface area contributed by atoms with Crippen LogP contribution >= 0.6 is 0 Å². The first-order valence-electron chi connectivity index (χ1n) is 5.96. The molecule has 0 atom stereocenters. The van der Waals surface area contributed by atoms with E-state index in [1.807, 2.05) is 24.1 Å². The molecule has 0 aliphatic rings. The van der Waals surface area contributed by atoms with Gasteiger partial charge in [0.15, 0.2) is 0 Å². The molecular formula is C14H15N3O2. The zero-order valence-electron chi connectivity index (χ0n) is 10.7. The number of carboxylic acids is 1. The largest absolute Gasteiger partial charge is 0.478 e. The highest BCUT2D eigenvalue weighted by atomic mass is 16.4. The van der Waals surface area contributed by atoms with Gasteiger partial charge in [0.1, 0.15) is 0 Å². The summed E-state index contributed by atoms with van der Waals surface area (Å²) in [6.07, 6.45) is 7.40. The average Bonchev–Trinajstić information content (AvgIpc) is 2.46. The number of aromatic nitrogens is 2. The Hall–Kier alpha value is -2.43. The SMILES string of the molecule is CN(CCc1ccncc1)c1cnccc1C(=O)O. The van der Waals surface area contributed by atoms with Crippen LogP contribution in [0.1, 0.15) is 15.9 Å². The summed E-state index contributed by atoms with van der Waals surface area (Å²) in [6, 6.07) is 5.42. The normalized spacial score (nSPS) is 10.2. The molecule has 1 N–H and O–H groups in total. The minimum absolute atomic E-state index is 0.271. The highest BCUT2D eigenvalue weighted by Crippen LogP contribution is 2.18. The molecule has 0 saturated heterocycles. The summed E-state index contributed by atoms with van der Waals surface area (Å²) in [4.78, 5) is 21.0. The van der Waals surface area contributed by atoms with Crippen LogP contribution in [0.15, 0.2) is 43.0 Å². The van der Waals surface area contributed by atoms with Crippen molar-refractivity contribution in [2.45, 2.75) is 6.42 Å². The Kier molecular flexibility index (Phi) is 4.07. The monoisotopic (exact) mass is 257 g/mol. The molecule has 98 valence electrons. The minimum atomic E-state index is -0.937. The zero-order valence-corrected chi connectivity index (χ0v) is 10.7. The molecule has 5 heteroatoms. The number of pyridine rings is 2. The first kappa shape index (κ1) is 13.0. The molecule has 0 bridgehead atoms. The lowest BCUT2D eigenvalue weighted by molar-refractivity contribution is 0.0697. The number of carbonyl (C=O) groups is 1. The fraction of sp³-hybridized carbons (Fsp3) is 0.214. The number of hydrogen-bond donors (Lipinski definition) is 1. The maximum atomic E-state index is 11.1. The fourth-order valence-corrected chi connectivity index (χ4v) is 1.84. The van der Waals surface area contributed by atoms with E-state index >= 15 is 0 Å². The van der Waals surface area contributed by atoms with E-state index in [9.17, 15) is 4.79 Å². The molecule has 0 radical (unpaired) electrons. The van der Waals surface area contributed by atoms with Crippen molar-refractivity contribution in [3.63, 3.8) is 0 Å². The van der Waals surface area contributed by atoms with Gasteiger partial charge in [-0.2, -0.15) is 0 Å². The van der Waals surface area contributed by atoms with Gasteiger partial charge in [-0.15, -0.1) is 0 Å². The number of likely N-dealkylation sites (N-methyl/N-ethyl adjacent to an activating group) is 1. The van der Waals surface area contributed by atoms with Gasteiger partial charge in [-0.3, -0.25) is 9.97 Å². The van der Waals surface area contributed by atoms with E-state index in [2.05, 4.69) is 9.97 Å². The summed E-state index contributed by atoms with van der Waals surface area (Å²) in [5, 5.41) is 9.14. The van der Waals surface area contributed by atoms with Crippen LogP contribution < -0.4 is 4.90 Å². The lowest BCUT2D eigenvalue weighted by Crippen LogP contribution is -2.22. The molecule has 2 aromatic heterocycles. The summed E-state index contributed by atoms with van der Waals surface area (Å²) in [5.74, 6) is -0.937. The van der Waals surface area contributed by atoms with E-state index in [4.69, 9.17) is 5.11 Å². The molecule has 0 amide bonds. The molecule has 0 fully saturated rings. The van der Waals surface area contributed by atoms with Crippen molar-refractivity contribution in [2.24, 2.45) is 0 Å². The van der Waals surface area contributed by atoms with E-state index in [1.165, 1.54) is 17.8 Å². The van der Waals surface area contributed by atoms with Gasteiger partial charge in [0, 0.05) is 32.2 Å². The molecule has 0 aliphatic heterocycles. The maximum Gasteiger partial charge on any atom is 0.337 e. The first-order chi connectivity index (χ1) is 9.18. The highest BCUT2D eigenvalue weighted by Gasteiger charge is 2.12. The molecule has 2 rings (SSSR count). The number of nitrogens with zero attached hydrogens (tertiary/aromatic N) is 3. The molecule has 0 aliphatic carbocycles. The fourth-order valence-electron chi connectivity index (χ4n) is 1.84. The van der Waals surface area contributed by atoms with Crippen LogP contribution in [-0.4, -0.2) is 34.6 Å². The molecule has 5 nitrogen and oxygen atoms in total. The summed E-state index contributed by atoms with van der Waals surface area (Å²) >= 11 is 0. The summed E-state index contributed by atoms with van der Waals surface area (Å²) in [6.45, 7) is 0.718. The molecule has 2 heterocycles. The predicted octanol–water partition coefficient (Wildman–Crippen LogP) is 1.85. The Morgan fingerprint density at radius 2 is 1.89 bits per heavy atom. The van der Waals surface area contributed by atoms with Crippen molar-refractivity contribution in [2.75, 3.05) is 18.5 Å². The van der Waals surface area contributed by atoms with Gasteiger partial charge in [-0.05, 0) is 30.2 Å². The Bertz CT molecular complexity index is 558. The average molecular weight is 257 g/mol. The Morgan fingerprint density at radius 1 is 1.21 bits per heavy atom. The summed E-state index contributed by atoms with van der Waals surface area (Å²) in [5.41, 5.74) is 2.07. The minimum Gasteiger partial charge on any atom is -0.478 e. The van der Waals surface area contributed by atoms with Gasteiger partial charge in [0.2, 0.25) is 0 Å². The van der Waals surface area contributed by atoms with Crippen LogP contribution in [0.3, 0.4) is 0 Å². The number of carboxylic acid groups (broad SMARTS) is 1. The molecule has 0 unspecified atom stereocenters. The van der Waals surface area contributed by atoms with E-state index in [1.54, 1.807) is 18.6 Å². The number of aromatic carboxylic acids is 1. The van der Waals surface area contributed by atoms with E-state index in [-0.39, 0.29) is 5.56 Å². The standard InChI is InChI=1S/C14H15N3O2/c1-17(9-5-11-2-6-15-7-3-11)13-10-16-8-4-12(13)14(18)19/h2-4,6-8,10H,5,9H2,1H3,(H,18,19). The van der Waals surface area contributed by atoms with Crippen molar-refractivity contribution in [1.29, 1.82) is 0 Å². The van der Waals surface area contributed by atoms with Crippen LogP contribution in [0.5, 0.6) is 0 Å². The number of anilines is 1.